The van der Waals surface area contributed by atoms with Gasteiger partial charge in [-0.15, -0.1) is 0 Å². The van der Waals surface area contributed by atoms with Crippen molar-refractivity contribution in [3.63, 3.8) is 0 Å². The van der Waals surface area contributed by atoms with Crippen LogP contribution in [-0.4, -0.2) is 12.3 Å². The molecule has 0 bridgehead atoms. The largest absolute Gasteiger partial charge is 0.330 e. The third-order valence-corrected chi connectivity index (χ3v) is 2.56. The van der Waals surface area contributed by atoms with Crippen molar-refractivity contribution in [3.05, 3.63) is 34.9 Å². The molecule has 2 nitrogen and oxygen atoms in total. The Morgan fingerprint density at radius 1 is 1.53 bits per heavy atom. The van der Waals surface area contributed by atoms with Gasteiger partial charge in [0.15, 0.2) is 0 Å². The molecule has 82 valence electrons. The van der Waals surface area contributed by atoms with E-state index in [0.29, 0.717) is 13.0 Å². The molecule has 0 aliphatic carbocycles. The van der Waals surface area contributed by atoms with Gasteiger partial charge in [-0.05, 0) is 43.5 Å². The highest BCUT2D eigenvalue weighted by Gasteiger charge is 2.10. The van der Waals surface area contributed by atoms with E-state index in [1.807, 2.05) is 24.3 Å². The highest BCUT2D eigenvalue weighted by molar-refractivity contribution is 6.30. The number of ketones is 1. The summed E-state index contributed by atoms with van der Waals surface area (Å²) in [5.74, 6) is 0.411. The summed E-state index contributed by atoms with van der Waals surface area (Å²) in [4.78, 5) is 11.0. The van der Waals surface area contributed by atoms with Crippen LogP contribution in [0.1, 0.15) is 18.9 Å². The molecule has 0 heterocycles. The maximum Gasteiger partial charge on any atom is 0.130 e. The lowest BCUT2D eigenvalue weighted by atomic mass is 9.95. The molecule has 0 saturated heterocycles. The lowest BCUT2D eigenvalue weighted by Crippen LogP contribution is -2.19. The summed E-state index contributed by atoms with van der Waals surface area (Å²) >= 11 is 5.88. The number of halogens is 1. The van der Waals surface area contributed by atoms with Gasteiger partial charge in [-0.25, -0.2) is 0 Å². The molecule has 0 saturated carbocycles. The van der Waals surface area contributed by atoms with E-state index >= 15 is 0 Å². The van der Waals surface area contributed by atoms with Crippen molar-refractivity contribution >= 4 is 17.4 Å². The molecule has 0 aliphatic rings. The first kappa shape index (κ1) is 12.2. The minimum Gasteiger partial charge on any atom is -0.330 e. The Bertz CT molecular complexity index is 338. The van der Waals surface area contributed by atoms with Crippen LogP contribution in [0.5, 0.6) is 0 Å². The highest BCUT2D eigenvalue weighted by Crippen LogP contribution is 2.16. The first-order valence-electron chi connectivity index (χ1n) is 5.05. The molecule has 2 N–H and O–H groups in total. The summed E-state index contributed by atoms with van der Waals surface area (Å²) in [5.41, 5.74) is 6.76. The zero-order chi connectivity index (χ0) is 11.3. The first-order valence-corrected chi connectivity index (χ1v) is 5.43. The predicted octanol–water partition coefficient (Wildman–Crippen LogP) is 2.44. The topological polar surface area (TPSA) is 43.1 Å². The SMILES string of the molecule is CC(=O)C[C@H](CN)Cc1cccc(Cl)c1. The van der Waals surface area contributed by atoms with Gasteiger partial charge in [0.2, 0.25) is 0 Å². The van der Waals surface area contributed by atoms with Crippen molar-refractivity contribution in [3.8, 4) is 0 Å². The molecule has 1 atom stereocenters. The Morgan fingerprint density at radius 3 is 2.80 bits per heavy atom. The van der Waals surface area contributed by atoms with E-state index in [9.17, 15) is 4.79 Å². The molecule has 0 aromatic heterocycles. The number of carbonyl (C=O) groups excluding carboxylic acids is 1. The molecule has 0 aliphatic heterocycles. The van der Waals surface area contributed by atoms with E-state index < -0.39 is 0 Å². The summed E-state index contributed by atoms with van der Waals surface area (Å²) in [7, 11) is 0. The Morgan fingerprint density at radius 2 is 2.27 bits per heavy atom. The zero-order valence-electron chi connectivity index (χ0n) is 8.87. The quantitative estimate of drug-likeness (QED) is 0.837. The van der Waals surface area contributed by atoms with Crippen LogP contribution in [-0.2, 0) is 11.2 Å². The minimum absolute atomic E-state index is 0.187. The number of hydrogen-bond acceptors (Lipinski definition) is 2. The number of carbonyl (C=O) groups is 1. The molecule has 1 aromatic carbocycles. The van der Waals surface area contributed by atoms with E-state index in [2.05, 4.69) is 0 Å². The van der Waals surface area contributed by atoms with Crippen molar-refractivity contribution in [2.24, 2.45) is 11.7 Å². The second-order valence-electron chi connectivity index (χ2n) is 3.84. The predicted molar refractivity (Wildman–Crippen MR) is 63.0 cm³/mol. The fourth-order valence-corrected chi connectivity index (χ4v) is 1.86. The summed E-state index contributed by atoms with van der Waals surface area (Å²) in [6, 6.07) is 7.69. The van der Waals surface area contributed by atoms with Gasteiger partial charge < -0.3 is 10.5 Å². The number of benzene rings is 1. The van der Waals surface area contributed by atoms with Crippen LogP contribution in [0.15, 0.2) is 24.3 Å². The normalized spacial score (nSPS) is 12.5. The molecule has 1 rings (SSSR count). The number of hydrogen-bond donors (Lipinski definition) is 1. The van der Waals surface area contributed by atoms with Crippen molar-refractivity contribution in [1.29, 1.82) is 0 Å². The maximum atomic E-state index is 11.0. The molecular weight excluding hydrogens is 210 g/mol. The standard InChI is InChI=1S/C12H16ClNO/c1-9(15)5-11(8-14)6-10-3-2-4-12(13)7-10/h2-4,7,11H,5-6,8,14H2,1H3/t11-/m0/s1. The molecule has 3 heteroatoms. The number of nitrogens with two attached hydrogens (primary N) is 1. The van der Waals surface area contributed by atoms with Gasteiger partial charge in [0, 0.05) is 11.4 Å². The van der Waals surface area contributed by atoms with Crippen LogP contribution < -0.4 is 5.73 Å². The molecule has 0 amide bonds. The Kier molecular flexibility index (Phi) is 4.79. The van der Waals surface area contributed by atoms with E-state index in [1.54, 1.807) is 6.92 Å². The van der Waals surface area contributed by atoms with Crippen LogP contribution in [0.2, 0.25) is 5.02 Å². The van der Waals surface area contributed by atoms with E-state index in [0.717, 1.165) is 17.0 Å². The molecule has 0 unspecified atom stereocenters. The summed E-state index contributed by atoms with van der Waals surface area (Å²) in [6.45, 7) is 2.13. The maximum absolute atomic E-state index is 11.0. The smallest absolute Gasteiger partial charge is 0.130 e. The molecule has 0 fully saturated rings. The van der Waals surface area contributed by atoms with Crippen LogP contribution in [0.25, 0.3) is 0 Å². The average molecular weight is 226 g/mol. The van der Waals surface area contributed by atoms with Gasteiger partial charge in [-0.2, -0.15) is 0 Å². The van der Waals surface area contributed by atoms with Crippen LogP contribution >= 0.6 is 11.6 Å². The van der Waals surface area contributed by atoms with Crippen molar-refractivity contribution < 1.29 is 4.79 Å². The molecule has 0 spiro atoms. The minimum atomic E-state index is 0.187. The van der Waals surface area contributed by atoms with Gasteiger partial charge in [0.1, 0.15) is 5.78 Å². The van der Waals surface area contributed by atoms with Gasteiger partial charge >= 0.3 is 0 Å². The Balaban J connectivity index is 2.62. The van der Waals surface area contributed by atoms with Crippen LogP contribution in [0.4, 0.5) is 0 Å². The van der Waals surface area contributed by atoms with E-state index in [-0.39, 0.29) is 11.7 Å². The highest BCUT2D eigenvalue weighted by atomic mass is 35.5. The second-order valence-corrected chi connectivity index (χ2v) is 4.28. The molecular formula is C12H16ClNO. The van der Waals surface area contributed by atoms with Gasteiger partial charge in [-0.1, -0.05) is 23.7 Å². The summed E-state index contributed by atoms with van der Waals surface area (Å²) in [5, 5.41) is 0.728. The fraction of sp³-hybridized carbons (Fsp3) is 0.417. The summed E-state index contributed by atoms with van der Waals surface area (Å²) < 4.78 is 0. The Labute approximate surface area is 95.4 Å². The zero-order valence-corrected chi connectivity index (χ0v) is 9.63. The van der Waals surface area contributed by atoms with Gasteiger partial charge in [0.25, 0.3) is 0 Å². The molecule has 1 aromatic rings. The van der Waals surface area contributed by atoms with Gasteiger partial charge in [0.05, 0.1) is 0 Å². The Hall–Kier alpha value is -0.860. The van der Waals surface area contributed by atoms with E-state index in [1.165, 1.54) is 0 Å². The lowest BCUT2D eigenvalue weighted by Gasteiger charge is -2.12. The third-order valence-electron chi connectivity index (χ3n) is 2.32. The average Bonchev–Trinajstić information content (AvgIpc) is 2.16. The number of rotatable bonds is 5. The van der Waals surface area contributed by atoms with Crippen LogP contribution in [0.3, 0.4) is 0 Å². The van der Waals surface area contributed by atoms with Crippen molar-refractivity contribution in [1.82, 2.24) is 0 Å². The van der Waals surface area contributed by atoms with Crippen molar-refractivity contribution in [2.75, 3.05) is 6.54 Å². The molecule has 0 radical (unpaired) electrons. The van der Waals surface area contributed by atoms with Crippen LogP contribution in [0, 0.1) is 5.92 Å². The van der Waals surface area contributed by atoms with E-state index in [4.69, 9.17) is 17.3 Å². The summed E-state index contributed by atoms with van der Waals surface area (Å²) in [6.07, 6.45) is 1.36. The number of Topliss-reactive ketones (excluding diaryl/α,β-unsaturated/α-hetero) is 1. The second kappa shape index (κ2) is 5.89. The monoisotopic (exact) mass is 225 g/mol. The molecule has 15 heavy (non-hydrogen) atoms. The van der Waals surface area contributed by atoms with Crippen molar-refractivity contribution in [2.45, 2.75) is 19.8 Å². The lowest BCUT2D eigenvalue weighted by molar-refractivity contribution is -0.117. The third kappa shape index (κ3) is 4.45. The van der Waals surface area contributed by atoms with Gasteiger partial charge in [-0.3, -0.25) is 0 Å². The fourth-order valence-electron chi connectivity index (χ4n) is 1.64. The first-order chi connectivity index (χ1) is 7.11.